The van der Waals surface area contributed by atoms with Gasteiger partial charge < -0.3 is 9.47 Å². The number of fused-ring (bicyclic) bond motifs is 2. The second-order valence-electron chi connectivity index (χ2n) is 6.13. The predicted molar refractivity (Wildman–Crippen MR) is 87.7 cm³/mol. The highest BCUT2D eigenvalue weighted by molar-refractivity contribution is 5.85. The van der Waals surface area contributed by atoms with Crippen LogP contribution < -0.4 is 4.74 Å². The normalized spacial score (nSPS) is 30.5. The maximum atomic E-state index is 12.3. The van der Waals surface area contributed by atoms with Gasteiger partial charge in [-0.2, -0.15) is 0 Å². The van der Waals surface area contributed by atoms with E-state index in [2.05, 4.69) is 24.1 Å². The number of halogens is 1. The molecule has 0 saturated carbocycles. The van der Waals surface area contributed by atoms with Gasteiger partial charge in [0.15, 0.2) is 0 Å². The third-order valence-electron chi connectivity index (χ3n) is 5.29. The van der Waals surface area contributed by atoms with Crippen LogP contribution in [0.2, 0.25) is 0 Å². The Morgan fingerprint density at radius 1 is 1.18 bits per heavy atom. The van der Waals surface area contributed by atoms with Crippen molar-refractivity contribution in [2.75, 3.05) is 21.3 Å². The molecule has 2 aliphatic rings. The first kappa shape index (κ1) is 17.1. The highest BCUT2D eigenvalue weighted by Crippen LogP contribution is 2.46. The number of esters is 1. The SMILES string of the molecule is COC(=O)[C@H]1[C@@H](c2ccc(OC)cc2)C[C@H]2CC[C@H]1N2C.Cl. The van der Waals surface area contributed by atoms with Crippen molar-refractivity contribution in [2.45, 2.75) is 37.3 Å². The molecule has 0 radical (unpaired) electrons. The summed E-state index contributed by atoms with van der Waals surface area (Å²) in [4.78, 5) is 14.7. The lowest BCUT2D eigenvalue weighted by molar-refractivity contribution is -0.150. The number of rotatable bonds is 3. The van der Waals surface area contributed by atoms with Crippen molar-refractivity contribution in [1.82, 2.24) is 4.90 Å². The number of nitrogens with zero attached hydrogens (tertiary/aromatic N) is 1. The molecule has 3 rings (SSSR count). The lowest BCUT2D eigenvalue weighted by Gasteiger charge is -2.41. The second-order valence-corrected chi connectivity index (χ2v) is 6.13. The van der Waals surface area contributed by atoms with Gasteiger partial charge in [0, 0.05) is 18.0 Å². The smallest absolute Gasteiger partial charge is 0.310 e. The van der Waals surface area contributed by atoms with Crippen LogP contribution in [0.15, 0.2) is 24.3 Å². The van der Waals surface area contributed by atoms with Gasteiger partial charge in [-0.25, -0.2) is 0 Å². The minimum absolute atomic E-state index is 0. The van der Waals surface area contributed by atoms with Gasteiger partial charge in [-0.1, -0.05) is 12.1 Å². The van der Waals surface area contributed by atoms with Crippen LogP contribution in [0.3, 0.4) is 0 Å². The molecular formula is C17H24ClNO3. The number of hydrogen-bond donors (Lipinski definition) is 0. The quantitative estimate of drug-likeness (QED) is 0.801. The van der Waals surface area contributed by atoms with Crippen molar-refractivity contribution >= 4 is 18.4 Å². The van der Waals surface area contributed by atoms with Crippen molar-refractivity contribution < 1.29 is 14.3 Å². The molecule has 2 saturated heterocycles. The van der Waals surface area contributed by atoms with Crippen molar-refractivity contribution in [1.29, 1.82) is 0 Å². The fourth-order valence-electron chi connectivity index (χ4n) is 4.12. The van der Waals surface area contributed by atoms with Crippen LogP contribution in [0.1, 0.15) is 30.7 Å². The van der Waals surface area contributed by atoms with Crippen LogP contribution in [0.5, 0.6) is 5.75 Å². The molecule has 5 heteroatoms. The molecule has 1 aromatic carbocycles. The Balaban J connectivity index is 0.00000176. The Morgan fingerprint density at radius 2 is 1.86 bits per heavy atom. The van der Waals surface area contributed by atoms with Gasteiger partial charge in [-0.3, -0.25) is 9.69 Å². The summed E-state index contributed by atoms with van der Waals surface area (Å²) in [5.41, 5.74) is 1.22. The number of ether oxygens (including phenoxy) is 2. The van der Waals surface area contributed by atoms with Crippen LogP contribution >= 0.6 is 12.4 Å². The summed E-state index contributed by atoms with van der Waals surface area (Å²) < 4.78 is 10.3. The first-order chi connectivity index (χ1) is 10.2. The van der Waals surface area contributed by atoms with Crippen molar-refractivity contribution in [3.8, 4) is 5.75 Å². The van der Waals surface area contributed by atoms with Crippen molar-refractivity contribution in [2.24, 2.45) is 5.92 Å². The van der Waals surface area contributed by atoms with Gasteiger partial charge in [0.1, 0.15) is 5.75 Å². The number of hydrogen-bond acceptors (Lipinski definition) is 4. The van der Waals surface area contributed by atoms with Crippen LogP contribution in [0, 0.1) is 5.92 Å². The summed E-state index contributed by atoms with van der Waals surface area (Å²) in [5.74, 6) is 0.960. The van der Waals surface area contributed by atoms with Crippen LogP contribution in [-0.4, -0.2) is 44.2 Å². The summed E-state index contributed by atoms with van der Waals surface area (Å²) >= 11 is 0. The summed E-state index contributed by atoms with van der Waals surface area (Å²) in [5, 5.41) is 0. The Kier molecular flexibility index (Phi) is 5.35. The molecule has 22 heavy (non-hydrogen) atoms. The molecule has 1 aromatic rings. The Morgan fingerprint density at radius 3 is 2.45 bits per heavy atom. The summed E-state index contributed by atoms with van der Waals surface area (Å²) in [7, 11) is 5.30. The average molecular weight is 326 g/mol. The lowest BCUT2D eigenvalue weighted by Crippen LogP contribution is -2.49. The van der Waals surface area contributed by atoms with Crippen molar-refractivity contribution in [3.63, 3.8) is 0 Å². The molecule has 2 heterocycles. The zero-order valence-corrected chi connectivity index (χ0v) is 14.1. The van der Waals surface area contributed by atoms with E-state index in [0.29, 0.717) is 12.1 Å². The topological polar surface area (TPSA) is 38.8 Å². The molecule has 0 amide bonds. The number of carbonyl (C=O) groups is 1. The molecule has 0 aromatic heterocycles. The van der Waals surface area contributed by atoms with E-state index in [1.54, 1.807) is 7.11 Å². The van der Waals surface area contributed by atoms with Crippen molar-refractivity contribution in [3.05, 3.63) is 29.8 Å². The zero-order chi connectivity index (χ0) is 15.0. The van der Waals surface area contributed by atoms with E-state index in [9.17, 15) is 4.79 Å². The molecular weight excluding hydrogens is 302 g/mol. The fraction of sp³-hybridized carbons (Fsp3) is 0.588. The number of benzene rings is 1. The minimum atomic E-state index is -0.0759. The zero-order valence-electron chi connectivity index (χ0n) is 13.3. The van der Waals surface area contributed by atoms with E-state index in [0.717, 1.165) is 18.6 Å². The molecule has 0 N–H and O–H groups in total. The minimum Gasteiger partial charge on any atom is -0.497 e. The Hall–Kier alpha value is -1.26. The molecule has 122 valence electrons. The molecule has 2 bridgehead atoms. The van der Waals surface area contributed by atoms with Gasteiger partial charge in [-0.05, 0) is 44.0 Å². The third-order valence-corrected chi connectivity index (χ3v) is 5.29. The maximum absolute atomic E-state index is 12.3. The van der Waals surface area contributed by atoms with Gasteiger partial charge >= 0.3 is 5.97 Å². The maximum Gasteiger partial charge on any atom is 0.310 e. The van der Waals surface area contributed by atoms with E-state index >= 15 is 0 Å². The van der Waals surface area contributed by atoms with Crippen LogP contribution in [-0.2, 0) is 9.53 Å². The molecule has 0 aliphatic carbocycles. The third kappa shape index (κ3) is 2.82. The molecule has 4 nitrogen and oxygen atoms in total. The highest BCUT2D eigenvalue weighted by Gasteiger charge is 2.49. The highest BCUT2D eigenvalue weighted by atomic mass is 35.5. The van der Waals surface area contributed by atoms with Gasteiger partial charge in [-0.15, -0.1) is 12.4 Å². The second kappa shape index (κ2) is 6.88. The molecule has 0 unspecified atom stereocenters. The van der Waals surface area contributed by atoms with Gasteiger partial charge in [0.2, 0.25) is 0 Å². The first-order valence-electron chi connectivity index (χ1n) is 7.59. The monoisotopic (exact) mass is 325 g/mol. The fourth-order valence-corrected chi connectivity index (χ4v) is 4.12. The molecule has 2 fully saturated rings. The summed E-state index contributed by atoms with van der Waals surface area (Å²) in [6.45, 7) is 0. The van der Waals surface area contributed by atoms with Crippen LogP contribution in [0.4, 0.5) is 0 Å². The molecule has 0 spiro atoms. The number of methoxy groups -OCH3 is 2. The largest absolute Gasteiger partial charge is 0.497 e. The van der Waals surface area contributed by atoms with Gasteiger partial charge in [0.05, 0.1) is 20.1 Å². The van der Waals surface area contributed by atoms with E-state index in [1.165, 1.54) is 19.1 Å². The summed E-state index contributed by atoms with van der Waals surface area (Å²) in [6.07, 6.45) is 3.30. The lowest BCUT2D eigenvalue weighted by atomic mass is 9.76. The Labute approximate surface area is 138 Å². The van der Waals surface area contributed by atoms with E-state index in [4.69, 9.17) is 9.47 Å². The molecule has 2 aliphatic heterocycles. The molecule has 4 atom stereocenters. The number of piperidine rings is 1. The van der Waals surface area contributed by atoms with E-state index in [-0.39, 0.29) is 30.2 Å². The average Bonchev–Trinajstić information content (AvgIpc) is 2.76. The predicted octanol–water partition coefficient (Wildman–Crippen LogP) is 2.86. The standard InChI is InChI=1S/C17H23NO3.ClH/c1-18-12-6-9-15(18)16(17(19)21-3)14(10-12)11-4-7-13(20-2)8-5-11;/h4-5,7-8,12,14-16H,6,9-10H2,1-3H3;1H/t12-,14-,15-,16+;/m1./s1. The number of carbonyl (C=O) groups excluding carboxylic acids is 1. The van der Waals surface area contributed by atoms with E-state index in [1.807, 2.05) is 12.1 Å². The van der Waals surface area contributed by atoms with Gasteiger partial charge in [0.25, 0.3) is 0 Å². The van der Waals surface area contributed by atoms with Crippen LogP contribution in [0.25, 0.3) is 0 Å². The first-order valence-corrected chi connectivity index (χ1v) is 7.59. The summed E-state index contributed by atoms with van der Waals surface area (Å²) in [6, 6.07) is 9.02. The van der Waals surface area contributed by atoms with E-state index < -0.39 is 0 Å². The Bertz CT molecular complexity index is 519.